The lowest BCUT2D eigenvalue weighted by Crippen LogP contribution is -2.48. The van der Waals surface area contributed by atoms with Gasteiger partial charge in [-0.1, -0.05) is 60.7 Å². The van der Waals surface area contributed by atoms with Gasteiger partial charge in [0.15, 0.2) is 5.65 Å². The Kier molecular flexibility index (Phi) is 4.47. The quantitative estimate of drug-likeness (QED) is 0.553. The lowest BCUT2D eigenvalue weighted by atomic mass is 9.96. The van der Waals surface area contributed by atoms with Crippen LogP contribution in [-0.2, 0) is 0 Å². The summed E-state index contributed by atoms with van der Waals surface area (Å²) in [6, 6.07) is 25.8. The van der Waals surface area contributed by atoms with Crippen LogP contribution in [0.4, 0.5) is 5.82 Å². The minimum atomic E-state index is 0.276. The summed E-state index contributed by atoms with van der Waals surface area (Å²) in [6.45, 7) is 3.85. The molecule has 1 fully saturated rings. The molecule has 140 valence electrons. The molecule has 2 aromatic heterocycles. The molecular formula is C22H22N6. The number of piperazine rings is 1. The Balaban J connectivity index is 1.37. The van der Waals surface area contributed by atoms with Gasteiger partial charge in [0.1, 0.15) is 12.1 Å². The molecule has 0 bridgehead atoms. The highest BCUT2D eigenvalue weighted by Crippen LogP contribution is 2.30. The normalized spacial score (nSPS) is 15.4. The zero-order valence-electron chi connectivity index (χ0n) is 15.6. The Labute approximate surface area is 164 Å². The summed E-state index contributed by atoms with van der Waals surface area (Å²) in [6.07, 6.45) is 1.65. The molecule has 5 rings (SSSR count). The van der Waals surface area contributed by atoms with E-state index in [1.54, 1.807) is 10.8 Å². The fraction of sp³-hybridized carbons (Fsp3) is 0.227. The zero-order valence-corrected chi connectivity index (χ0v) is 15.6. The van der Waals surface area contributed by atoms with E-state index < -0.39 is 0 Å². The molecule has 1 aliphatic heterocycles. The van der Waals surface area contributed by atoms with Crippen molar-refractivity contribution >= 4 is 11.5 Å². The third-order valence-electron chi connectivity index (χ3n) is 5.38. The summed E-state index contributed by atoms with van der Waals surface area (Å²) in [7, 11) is 0. The zero-order chi connectivity index (χ0) is 18.8. The van der Waals surface area contributed by atoms with Gasteiger partial charge in [-0.2, -0.15) is 4.52 Å². The van der Waals surface area contributed by atoms with E-state index in [4.69, 9.17) is 0 Å². The average Bonchev–Trinajstić information content (AvgIpc) is 3.24. The van der Waals surface area contributed by atoms with Crippen molar-refractivity contribution in [3.8, 4) is 0 Å². The molecule has 0 unspecified atom stereocenters. The van der Waals surface area contributed by atoms with Crippen molar-refractivity contribution < 1.29 is 0 Å². The molecule has 0 spiro atoms. The van der Waals surface area contributed by atoms with E-state index in [-0.39, 0.29) is 6.04 Å². The highest BCUT2D eigenvalue weighted by molar-refractivity contribution is 5.45. The fourth-order valence-electron chi connectivity index (χ4n) is 3.98. The van der Waals surface area contributed by atoms with Crippen LogP contribution in [0.1, 0.15) is 17.2 Å². The molecule has 0 N–H and O–H groups in total. The largest absolute Gasteiger partial charge is 0.353 e. The number of nitrogens with zero attached hydrogens (tertiary/aromatic N) is 6. The van der Waals surface area contributed by atoms with E-state index >= 15 is 0 Å². The Morgan fingerprint density at radius 3 is 2.00 bits per heavy atom. The smallest absolute Gasteiger partial charge is 0.177 e. The standard InChI is InChI=1S/C22H22N6/c1-3-7-18(8-4-1)22(19-9-5-2-6-10-19)27-15-13-26(14-16-27)21-12-11-20-24-23-17-28(20)25-21/h1-12,17,22H,13-16H2. The lowest BCUT2D eigenvalue weighted by Gasteiger charge is -2.40. The summed E-state index contributed by atoms with van der Waals surface area (Å²) in [5.41, 5.74) is 3.45. The van der Waals surface area contributed by atoms with Gasteiger partial charge < -0.3 is 4.90 Å². The molecule has 0 atom stereocenters. The van der Waals surface area contributed by atoms with E-state index in [1.165, 1.54) is 11.1 Å². The van der Waals surface area contributed by atoms with E-state index in [9.17, 15) is 0 Å². The molecule has 28 heavy (non-hydrogen) atoms. The summed E-state index contributed by atoms with van der Waals surface area (Å²) in [5.74, 6) is 0.975. The van der Waals surface area contributed by atoms with Crippen LogP contribution in [0.15, 0.2) is 79.1 Å². The second-order valence-corrected chi connectivity index (χ2v) is 7.07. The number of rotatable bonds is 4. The molecule has 6 nitrogen and oxygen atoms in total. The predicted molar refractivity (Wildman–Crippen MR) is 109 cm³/mol. The number of fused-ring (bicyclic) bond motifs is 1. The monoisotopic (exact) mass is 370 g/mol. The number of hydrogen-bond acceptors (Lipinski definition) is 5. The first-order chi connectivity index (χ1) is 13.9. The van der Waals surface area contributed by atoms with Crippen LogP contribution in [0.5, 0.6) is 0 Å². The van der Waals surface area contributed by atoms with Gasteiger partial charge in [0.2, 0.25) is 0 Å². The van der Waals surface area contributed by atoms with Crippen LogP contribution < -0.4 is 4.90 Å². The number of anilines is 1. The van der Waals surface area contributed by atoms with Gasteiger partial charge in [0.25, 0.3) is 0 Å². The minimum Gasteiger partial charge on any atom is -0.353 e. The maximum atomic E-state index is 4.64. The Hall–Kier alpha value is -3.25. The molecule has 2 aromatic carbocycles. The number of benzene rings is 2. The van der Waals surface area contributed by atoms with E-state index in [0.717, 1.165) is 37.6 Å². The summed E-state index contributed by atoms with van der Waals surface area (Å²) >= 11 is 0. The van der Waals surface area contributed by atoms with E-state index in [1.807, 2.05) is 12.1 Å². The first kappa shape index (κ1) is 16.9. The topological polar surface area (TPSA) is 49.6 Å². The van der Waals surface area contributed by atoms with Gasteiger partial charge >= 0.3 is 0 Å². The fourth-order valence-corrected chi connectivity index (χ4v) is 3.98. The summed E-state index contributed by atoms with van der Waals surface area (Å²) < 4.78 is 1.73. The molecule has 4 aromatic rings. The number of aromatic nitrogens is 4. The van der Waals surface area contributed by atoms with Gasteiger partial charge in [0, 0.05) is 26.2 Å². The molecule has 0 radical (unpaired) electrons. The van der Waals surface area contributed by atoms with Crippen molar-refractivity contribution in [1.29, 1.82) is 0 Å². The van der Waals surface area contributed by atoms with Crippen molar-refractivity contribution in [3.05, 3.63) is 90.3 Å². The van der Waals surface area contributed by atoms with Crippen LogP contribution in [-0.4, -0.2) is 50.9 Å². The highest BCUT2D eigenvalue weighted by atomic mass is 15.4. The average molecular weight is 370 g/mol. The first-order valence-corrected chi connectivity index (χ1v) is 9.64. The van der Waals surface area contributed by atoms with Crippen molar-refractivity contribution in [2.75, 3.05) is 31.1 Å². The lowest BCUT2D eigenvalue weighted by molar-refractivity contribution is 0.212. The van der Waals surface area contributed by atoms with Crippen molar-refractivity contribution in [3.63, 3.8) is 0 Å². The third kappa shape index (κ3) is 3.23. The van der Waals surface area contributed by atoms with Crippen molar-refractivity contribution in [2.24, 2.45) is 0 Å². The van der Waals surface area contributed by atoms with Crippen LogP contribution in [0, 0.1) is 0 Å². The molecule has 1 saturated heterocycles. The van der Waals surface area contributed by atoms with Crippen molar-refractivity contribution in [2.45, 2.75) is 6.04 Å². The Morgan fingerprint density at radius 1 is 0.714 bits per heavy atom. The van der Waals surface area contributed by atoms with Gasteiger partial charge in [-0.15, -0.1) is 15.3 Å². The van der Waals surface area contributed by atoms with Crippen LogP contribution in [0.3, 0.4) is 0 Å². The maximum absolute atomic E-state index is 4.64. The Bertz CT molecular complexity index is 999. The molecule has 6 heteroatoms. The Morgan fingerprint density at radius 2 is 1.36 bits per heavy atom. The molecule has 0 saturated carbocycles. The van der Waals surface area contributed by atoms with Crippen LogP contribution in [0.2, 0.25) is 0 Å². The second-order valence-electron chi connectivity index (χ2n) is 7.07. The molecular weight excluding hydrogens is 348 g/mol. The van der Waals surface area contributed by atoms with Gasteiger partial charge in [-0.05, 0) is 23.3 Å². The predicted octanol–water partition coefficient (Wildman–Crippen LogP) is 3.04. The highest BCUT2D eigenvalue weighted by Gasteiger charge is 2.26. The van der Waals surface area contributed by atoms with E-state index in [2.05, 4.69) is 85.8 Å². The number of hydrogen-bond donors (Lipinski definition) is 0. The van der Waals surface area contributed by atoms with Crippen molar-refractivity contribution in [1.82, 2.24) is 24.7 Å². The van der Waals surface area contributed by atoms with Crippen LogP contribution in [0.25, 0.3) is 5.65 Å². The minimum absolute atomic E-state index is 0.276. The molecule has 3 heterocycles. The SMILES string of the molecule is c1ccc(C(c2ccccc2)N2CCN(c3ccc4nncn4n3)CC2)cc1. The summed E-state index contributed by atoms with van der Waals surface area (Å²) in [4.78, 5) is 4.90. The molecule has 0 amide bonds. The first-order valence-electron chi connectivity index (χ1n) is 9.64. The van der Waals surface area contributed by atoms with Crippen LogP contribution >= 0.6 is 0 Å². The van der Waals surface area contributed by atoms with E-state index in [0.29, 0.717) is 0 Å². The summed E-state index contributed by atoms with van der Waals surface area (Å²) in [5, 5.41) is 12.6. The van der Waals surface area contributed by atoms with Gasteiger partial charge in [-0.25, -0.2) is 0 Å². The second kappa shape index (κ2) is 7.40. The van der Waals surface area contributed by atoms with Gasteiger partial charge in [0.05, 0.1) is 6.04 Å². The molecule has 0 aliphatic carbocycles. The molecule has 1 aliphatic rings. The third-order valence-corrected chi connectivity index (χ3v) is 5.38. The maximum Gasteiger partial charge on any atom is 0.177 e. The van der Waals surface area contributed by atoms with Gasteiger partial charge in [-0.3, -0.25) is 4.90 Å².